The highest BCUT2D eigenvalue weighted by molar-refractivity contribution is 7.99. The van der Waals surface area contributed by atoms with Crippen molar-refractivity contribution in [3.05, 3.63) is 0 Å². The number of ether oxygens (including phenoxy) is 1. The molecule has 17 heavy (non-hydrogen) atoms. The van der Waals surface area contributed by atoms with Crippen molar-refractivity contribution in [2.45, 2.75) is 24.7 Å². The maximum atomic E-state index is 5.81. The number of anilines is 2. The molecule has 1 aliphatic rings. The first-order chi connectivity index (χ1) is 8.14. The van der Waals surface area contributed by atoms with Gasteiger partial charge in [0.15, 0.2) is 5.82 Å². The Morgan fingerprint density at radius 1 is 1.53 bits per heavy atom. The van der Waals surface area contributed by atoms with E-state index in [0.717, 1.165) is 42.5 Å². The van der Waals surface area contributed by atoms with Gasteiger partial charge in [0.05, 0.1) is 4.90 Å². The van der Waals surface area contributed by atoms with Gasteiger partial charge in [-0.2, -0.15) is 4.37 Å². The summed E-state index contributed by atoms with van der Waals surface area (Å²) in [5.41, 5.74) is 6.14. The highest BCUT2D eigenvalue weighted by Gasteiger charge is 2.27. The van der Waals surface area contributed by atoms with Crippen LogP contribution in [-0.2, 0) is 4.74 Å². The fourth-order valence-electron chi connectivity index (χ4n) is 1.94. The maximum Gasteiger partial charge on any atom is 0.153 e. The molecule has 1 fully saturated rings. The van der Waals surface area contributed by atoms with Gasteiger partial charge >= 0.3 is 0 Å². The zero-order chi connectivity index (χ0) is 12.3. The largest absolute Gasteiger partial charge is 0.382 e. The lowest BCUT2D eigenvalue weighted by Crippen LogP contribution is -2.33. The third-order valence-corrected chi connectivity index (χ3v) is 5.02. The first-order valence-electron chi connectivity index (χ1n) is 5.75. The smallest absolute Gasteiger partial charge is 0.153 e. The van der Waals surface area contributed by atoms with Crippen molar-refractivity contribution in [1.29, 1.82) is 0 Å². The number of nitrogen functional groups attached to an aromatic ring is 1. The average Bonchev–Trinajstić information content (AvgIpc) is 2.68. The van der Waals surface area contributed by atoms with E-state index in [1.54, 1.807) is 11.8 Å². The molecule has 0 amide bonds. The fourth-order valence-corrected chi connectivity index (χ4v) is 3.48. The molecule has 0 saturated carbocycles. The molecule has 6 heteroatoms. The van der Waals surface area contributed by atoms with E-state index in [0.29, 0.717) is 11.2 Å². The van der Waals surface area contributed by atoms with Gasteiger partial charge in [-0.05, 0) is 36.0 Å². The predicted octanol–water partition coefficient (Wildman–Crippen LogP) is 2.68. The Balaban J connectivity index is 1.96. The van der Waals surface area contributed by atoms with Gasteiger partial charge in [-0.25, -0.2) is 0 Å². The predicted molar refractivity (Wildman–Crippen MR) is 75.0 cm³/mol. The third-order valence-electron chi connectivity index (χ3n) is 3.25. The summed E-state index contributed by atoms with van der Waals surface area (Å²) in [7, 11) is 0. The van der Waals surface area contributed by atoms with E-state index >= 15 is 0 Å². The van der Waals surface area contributed by atoms with E-state index in [-0.39, 0.29) is 0 Å². The summed E-state index contributed by atoms with van der Waals surface area (Å²) >= 11 is 3.10. The summed E-state index contributed by atoms with van der Waals surface area (Å²) in [4.78, 5) is 1.07. The summed E-state index contributed by atoms with van der Waals surface area (Å²) in [6, 6.07) is 0. The molecule has 2 heterocycles. The minimum absolute atomic E-state index is 0.326. The topological polar surface area (TPSA) is 60.2 Å². The van der Waals surface area contributed by atoms with Crippen molar-refractivity contribution in [2.75, 3.05) is 37.1 Å². The van der Waals surface area contributed by atoms with Crippen molar-refractivity contribution in [1.82, 2.24) is 4.37 Å². The summed E-state index contributed by atoms with van der Waals surface area (Å²) in [5, 5.41) is 4.59. The van der Waals surface area contributed by atoms with Crippen LogP contribution in [-0.4, -0.2) is 30.4 Å². The van der Waals surface area contributed by atoms with Crippen LogP contribution in [0.15, 0.2) is 4.90 Å². The molecule has 1 aromatic heterocycles. The number of nitrogens with one attached hydrogen (secondary N) is 1. The Morgan fingerprint density at radius 2 is 2.24 bits per heavy atom. The van der Waals surface area contributed by atoms with Crippen molar-refractivity contribution in [3.8, 4) is 0 Å². The standard InChI is InChI=1S/C11H19N3OS2/c1-11(3-5-15-6-4-11)7-13-10-8(16-2)9(12)14-17-10/h13H,3-7H2,1-2H3,(H2,12,14). The van der Waals surface area contributed by atoms with E-state index < -0.39 is 0 Å². The number of rotatable bonds is 4. The Morgan fingerprint density at radius 3 is 2.88 bits per heavy atom. The zero-order valence-electron chi connectivity index (χ0n) is 10.3. The van der Waals surface area contributed by atoms with Gasteiger partial charge in [0.2, 0.25) is 0 Å². The molecular weight excluding hydrogens is 254 g/mol. The van der Waals surface area contributed by atoms with E-state index in [9.17, 15) is 0 Å². The second-order valence-corrected chi connectivity index (χ2v) is 6.30. The molecule has 2 rings (SSSR count). The van der Waals surface area contributed by atoms with Crippen molar-refractivity contribution >= 4 is 34.1 Å². The molecule has 0 aromatic carbocycles. The van der Waals surface area contributed by atoms with E-state index in [1.165, 1.54) is 11.5 Å². The number of nitrogens with two attached hydrogens (primary N) is 1. The molecule has 0 aliphatic carbocycles. The van der Waals surface area contributed by atoms with Gasteiger partial charge in [0.1, 0.15) is 5.00 Å². The van der Waals surface area contributed by atoms with Crippen LogP contribution in [0.2, 0.25) is 0 Å². The highest BCUT2D eigenvalue weighted by Crippen LogP contribution is 2.36. The molecular formula is C11H19N3OS2. The van der Waals surface area contributed by atoms with Crippen LogP contribution in [0.3, 0.4) is 0 Å². The SMILES string of the molecule is CSc1c(N)nsc1NCC1(C)CCOCC1. The molecule has 0 bridgehead atoms. The van der Waals surface area contributed by atoms with Gasteiger partial charge in [-0.1, -0.05) is 6.92 Å². The Labute approximate surface area is 110 Å². The van der Waals surface area contributed by atoms with Gasteiger partial charge in [-0.3, -0.25) is 0 Å². The molecule has 0 atom stereocenters. The van der Waals surface area contributed by atoms with Crippen LogP contribution < -0.4 is 11.1 Å². The number of nitrogens with zero attached hydrogens (tertiary/aromatic N) is 1. The third kappa shape index (κ3) is 3.05. The van der Waals surface area contributed by atoms with Crippen LogP contribution in [0.4, 0.5) is 10.8 Å². The van der Waals surface area contributed by atoms with Gasteiger partial charge in [0, 0.05) is 19.8 Å². The van der Waals surface area contributed by atoms with Crippen LogP contribution in [0.1, 0.15) is 19.8 Å². The van der Waals surface area contributed by atoms with Crippen LogP contribution in [0.25, 0.3) is 0 Å². The molecule has 96 valence electrons. The maximum absolute atomic E-state index is 5.81. The molecule has 1 aromatic rings. The van der Waals surface area contributed by atoms with Gasteiger partial charge in [-0.15, -0.1) is 11.8 Å². The number of aromatic nitrogens is 1. The van der Waals surface area contributed by atoms with E-state index in [2.05, 4.69) is 16.6 Å². The molecule has 1 saturated heterocycles. The van der Waals surface area contributed by atoms with Crippen LogP contribution >= 0.6 is 23.3 Å². The van der Waals surface area contributed by atoms with E-state index in [1.807, 2.05) is 6.26 Å². The first kappa shape index (κ1) is 13.0. The summed E-state index contributed by atoms with van der Waals surface area (Å²) in [6.07, 6.45) is 4.26. The minimum Gasteiger partial charge on any atom is -0.382 e. The summed E-state index contributed by atoms with van der Waals surface area (Å²) in [6.45, 7) is 5.02. The summed E-state index contributed by atoms with van der Waals surface area (Å²) in [5.74, 6) is 0.641. The molecule has 0 spiro atoms. The fraction of sp³-hybridized carbons (Fsp3) is 0.727. The quantitative estimate of drug-likeness (QED) is 0.826. The normalized spacial score (nSPS) is 19.2. The van der Waals surface area contributed by atoms with Gasteiger partial charge < -0.3 is 15.8 Å². The monoisotopic (exact) mass is 273 g/mol. The van der Waals surface area contributed by atoms with E-state index in [4.69, 9.17) is 10.5 Å². The van der Waals surface area contributed by atoms with Gasteiger partial charge in [0.25, 0.3) is 0 Å². The van der Waals surface area contributed by atoms with Crippen molar-refractivity contribution in [2.24, 2.45) is 5.41 Å². The Kier molecular flexibility index (Phi) is 4.17. The first-order valence-corrected chi connectivity index (χ1v) is 7.75. The molecule has 4 nitrogen and oxygen atoms in total. The highest BCUT2D eigenvalue weighted by atomic mass is 32.2. The molecule has 0 unspecified atom stereocenters. The lowest BCUT2D eigenvalue weighted by Gasteiger charge is -2.33. The minimum atomic E-state index is 0.326. The Hall–Kier alpha value is -0.460. The summed E-state index contributed by atoms with van der Waals surface area (Å²) < 4.78 is 9.59. The van der Waals surface area contributed by atoms with Crippen molar-refractivity contribution in [3.63, 3.8) is 0 Å². The molecule has 1 aliphatic heterocycles. The second-order valence-electron chi connectivity index (χ2n) is 4.71. The number of thioether (sulfide) groups is 1. The van der Waals surface area contributed by atoms with Crippen LogP contribution in [0, 0.1) is 5.41 Å². The average molecular weight is 273 g/mol. The van der Waals surface area contributed by atoms with Crippen molar-refractivity contribution < 1.29 is 4.74 Å². The number of hydrogen-bond donors (Lipinski definition) is 2. The molecule has 3 N–H and O–H groups in total. The molecule has 0 radical (unpaired) electrons. The number of hydrogen-bond acceptors (Lipinski definition) is 6. The lowest BCUT2D eigenvalue weighted by molar-refractivity contribution is 0.0300. The lowest BCUT2D eigenvalue weighted by atomic mass is 9.82. The Bertz CT molecular complexity index is 375. The second kappa shape index (κ2) is 5.46. The van der Waals surface area contributed by atoms with Crippen LogP contribution in [0.5, 0.6) is 0 Å². The zero-order valence-corrected chi connectivity index (χ0v) is 11.9.